The first-order chi connectivity index (χ1) is 18.9. The van der Waals surface area contributed by atoms with Gasteiger partial charge in [0.2, 0.25) is 0 Å². The monoisotopic (exact) mass is 519 g/mol. The maximum absolute atomic E-state index is 14.4. The Balaban J connectivity index is 1.87. The van der Waals surface area contributed by atoms with Crippen LogP contribution in [0.25, 0.3) is 10.9 Å². The molecule has 0 bridgehead atoms. The summed E-state index contributed by atoms with van der Waals surface area (Å²) in [6.45, 7) is 2.04. The molecule has 0 saturated heterocycles. The molecule has 39 heavy (non-hydrogen) atoms. The number of esters is 1. The molecule has 5 aromatic rings. The second-order valence-electron chi connectivity index (χ2n) is 9.58. The van der Waals surface area contributed by atoms with Gasteiger partial charge in [-0.2, -0.15) is 0 Å². The number of nitrogens with one attached hydrogen (secondary N) is 1. The fraction of sp³-hybridized carbons (Fsp3) is 0.156. The summed E-state index contributed by atoms with van der Waals surface area (Å²) in [5, 5.41) is 15.8. The third-order valence-corrected chi connectivity index (χ3v) is 7.34. The summed E-state index contributed by atoms with van der Waals surface area (Å²) in [5.41, 5.74) is 3.75. The number of hydrogen-bond acceptors (Lipinski definition) is 5. The highest BCUT2D eigenvalue weighted by Crippen LogP contribution is 2.49. The molecule has 0 spiro atoms. The fourth-order valence-corrected chi connectivity index (χ4v) is 5.54. The average Bonchev–Trinajstić information content (AvgIpc) is 3.31. The number of non-ortho nitro benzene ring substituents is 1. The fourth-order valence-electron chi connectivity index (χ4n) is 5.54. The van der Waals surface area contributed by atoms with Crippen molar-refractivity contribution in [2.75, 3.05) is 12.4 Å². The van der Waals surface area contributed by atoms with E-state index in [1.54, 1.807) is 12.1 Å². The van der Waals surface area contributed by atoms with Crippen molar-refractivity contribution in [3.63, 3.8) is 0 Å². The van der Waals surface area contributed by atoms with Crippen molar-refractivity contribution in [1.82, 2.24) is 4.57 Å². The van der Waals surface area contributed by atoms with Crippen LogP contribution in [0.5, 0.6) is 0 Å². The third-order valence-electron chi connectivity index (χ3n) is 7.34. The molecule has 4 aromatic carbocycles. The van der Waals surface area contributed by atoms with Crippen LogP contribution in [0.1, 0.15) is 28.3 Å². The standard InChI is InChI=1S/C32H29N3O4/c1-22-11-10-16-28-29(22)27(21-34(28)2)32(31(36)39-3,24-14-8-5-9-15-24)30(23-12-6-4-7-13-23)33-25-17-19-26(20-18-25)35(37)38/h4-21,30,33H,1-3H3/t30-,32+/m0/s1. The number of nitrogens with zero attached hydrogens (tertiary/aromatic N) is 2. The molecule has 2 atom stereocenters. The van der Waals surface area contributed by atoms with E-state index in [1.165, 1.54) is 19.2 Å². The van der Waals surface area contributed by atoms with E-state index in [4.69, 9.17) is 4.74 Å². The molecule has 0 saturated carbocycles. The van der Waals surface area contributed by atoms with E-state index < -0.39 is 22.3 Å². The Labute approximate surface area is 226 Å². The molecule has 1 aromatic heterocycles. The Morgan fingerprint density at radius 1 is 0.923 bits per heavy atom. The predicted octanol–water partition coefficient (Wildman–Crippen LogP) is 6.71. The normalized spacial score (nSPS) is 13.4. The Morgan fingerprint density at radius 3 is 2.18 bits per heavy atom. The minimum Gasteiger partial charge on any atom is -0.468 e. The van der Waals surface area contributed by atoms with Gasteiger partial charge in [0, 0.05) is 47.5 Å². The van der Waals surface area contributed by atoms with Crippen molar-refractivity contribution in [2.24, 2.45) is 7.05 Å². The van der Waals surface area contributed by atoms with Gasteiger partial charge in [-0.15, -0.1) is 0 Å². The number of benzene rings is 4. The Hall–Kier alpha value is -4.91. The average molecular weight is 520 g/mol. The summed E-state index contributed by atoms with van der Waals surface area (Å²) in [7, 11) is 3.38. The van der Waals surface area contributed by atoms with Gasteiger partial charge in [-0.3, -0.25) is 14.9 Å². The molecule has 0 fully saturated rings. The zero-order chi connectivity index (χ0) is 27.6. The zero-order valence-electron chi connectivity index (χ0n) is 22.0. The Kier molecular flexibility index (Phi) is 6.90. The maximum atomic E-state index is 14.4. The van der Waals surface area contributed by atoms with Gasteiger partial charge in [0.1, 0.15) is 5.41 Å². The summed E-state index contributed by atoms with van der Waals surface area (Å²) in [4.78, 5) is 25.2. The number of nitro benzene ring substituents is 1. The van der Waals surface area contributed by atoms with E-state index in [1.807, 2.05) is 104 Å². The molecule has 196 valence electrons. The molecule has 0 radical (unpaired) electrons. The first-order valence-corrected chi connectivity index (χ1v) is 12.6. The molecule has 1 heterocycles. The van der Waals surface area contributed by atoms with E-state index >= 15 is 0 Å². The number of rotatable bonds is 8. The topological polar surface area (TPSA) is 86.4 Å². The number of anilines is 1. The number of aromatic nitrogens is 1. The lowest BCUT2D eigenvalue weighted by Gasteiger charge is -2.40. The highest BCUT2D eigenvalue weighted by atomic mass is 16.6. The van der Waals surface area contributed by atoms with Crippen LogP contribution in [-0.2, 0) is 22.0 Å². The summed E-state index contributed by atoms with van der Waals surface area (Å²) in [6.07, 6.45) is 2.01. The van der Waals surface area contributed by atoms with Gasteiger partial charge in [0.05, 0.1) is 18.1 Å². The summed E-state index contributed by atoms with van der Waals surface area (Å²) >= 11 is 0. The molecule has 0 aliphatic rings. The molecule has 0 aliphatic carbocycles. The number of carbonyl (C=O) groups excluding carboxylic acids is 1. The number of fused-ring (bicyclic) bond motifs is 1. The number of ether oxygens (including phenoxy) is 1. The van der Waals surface area contributed by atoms with Crippen LogP contribution < -0.4 is 5.32 Å². The zero-order valence-corrected chi connectivity index (χ0v) is 22.0. The highest BCUT2D eigenvalue weighted by molar-refractivity contribution is 5.98. The third kappa shape index (κ3) is 4.42. The smallest absolute Gasteiger partial charge is 0.323 e. The molecule has 7 nitrogen and oxygen atoms in total. The van der Waals surface area contributed by atoms with Crippen molar-refractivity contribution < 1.29 is 14.5 Å². The van der Waals surface area contributed by atoms with Crippen molar-refractivity contribution in [2.45, 2.75) is 18.4 Å². The largest absolute Gasteiger partial charge is 0.468 e. The van der Waals surface area contributed by atoms with Gasteiger partial charge in [0.15, 0.2) is 0 Å². The second kappa shape index (κ2) is 10.5. The molecule has 0 unspecified atom stereocenters. The highest BCUT2D eigenvalue weighted by Gasteiger charge is 2.52. The Morgan fingerprint density at radius 2 is 1.56 bits per heavy atom. The van der Waals surface area contributed by atoms with E-state index in [-0.39, 0.29) is 5.69 Å². The van der Waals surface area contributed by atoms with Crippen molar-refractivity contribution in [3.05, 3.63) is 142 Å². The number of hydrogen-bond donors (Lipinski definition) is 1. The first-order valence-electron chi connectivity index (χ1n) is 12.6. The van der Waals surface area contributed by atoms with E-state index in [2.05, 4.69) is 5.32 Å². The Bertz CT molecular complexity index is 1630. The van der Waals surface area contributed by atoms with Crippen LogP contribution in [0.2, 0.25) is 0 Å². The number of nitro groups is 1. The van der Waals surface area contributed by atoms with Gasteiger partial charge in [0.25, 0.3) is 5.69 Å². The van der Waals surface area contributed by atoms with Gasteiger partial charge < -0.3 is 14.6 Å². The van der Waals surface area contributed by atoms with Gasteiger partial charge >= 0.3 is 5.97 Å². The van der Waals surface area contributed by atoms with Gasteiger partial charge in [-0.25, -0.2) is 0 Å². The summed E-state index contributed by atoms with van der Waals surface area (Å²) in [6, 6.07) is 31.1. The molecule has 5 rings (SSSR count). The van der Waals surface area contributed by atoms with Crippen molar-refractivity contribution >= 4 is 28.2 Å². The lowest BCUT2D eigenvalue weighted by molar-refractivity contribution is -0.384. The minimum atomic E-state index is -1.33. The van der Waals surface area contributed by atoms with Crippen LogP contribution in [-0.4, -0.2) is 22.6 Å². The quantitative estimate of drug-likeness (QED) is 0.140. The van der Waals surface area contributed by atoms with Crippen LogP contribution in [0.3, 0.4) is 0 Å². The van der Waals surface area contributed by atoms with Crippen LogP contribution in [0.4, 0.5) is 11.4 Å². The summed E-state index contributed by atoms with van der Waals surface area (Å²) < 4.78 is 7.67. The van der Waals surface area contributed by atoms with Crippen molar-refractivity contribution in [1.29, 1.82) is 0 Å². The van der Waals surface area contributed by atoms with E-state index in [0.717, 1.165) is 33.2 Å². The van der Waals surface area contributed by atoms with Gasteiger partial charge in [-0.05, 0) is 41.8 Å². The molecular weight excluding hydrogens is 490 g/mol. The maximum Gasteiger partial charge on any atom is 0.323 e. The molecule has 0 aliphatic heterocycles. The van der Waals surface area contributed by atoms with Crippen LogP contribution >= 0.6 is 0 Å². The molecule has 0 amide bonds. The molecular formula is C32H29N3O4. The van der Waals surface area contributed by atoms with Crippen LogP contribution in [0, 0.1) is 17.0 Å². The molecule has 1 N–H and O–H groups in total. The van der Waals surface area contributed by atoms with E-state index in [9.17, 15) is 14.9 Å². The van der Waals surface area contributed by atoms with Crippen LogP contribution in [0.15, 0.2) is 109 Å². The minimum absolute atomic E-state index is 0.0104. The SMILES string of the molecule is COC(=O)[C@](c1ccccc1)(c1cn(C)c2cccc(C)c12)[C@@H](Nc1ccc([N+](=O)[O-])cc1)c1ccccc1. The number of methoxy groups -OCH3 is 1. The summed E-state index contributed by atoms with van der Waals surface area (Å²) in [5.74, 6) is -0.423. The number of aryl methyl sites for hydroxylation is 2. The van der Waals surface area contributed by atoms with Gasteiger partial charge in [-0.1, -0.05) is 72.8 Å². The lowest BCUT2D eigenvalue weighted by Crippen LogP contribution is -2.47. The molecule has 7 heteroatoms. The van der Waals surface area contributed by atoms with E-state index in [0.29, 0.717) is 5.69 Å². The van der Waals surface area contributed by atoms with Crippen molar-refractivity contribution in [3.8, 4) is 0 Å². The second-order valence-corrected chi connectivity index (χ2v) is 9.58. The first kappa shape index (κ1) is 25.7. The number of carbonyl (C=O) groups is 1. The predicted molar refractivity (Wildman–Crippen MR) is 153 cm³/mol. The lowest BCUT2D eigenvalue weighted by atomic mass is 9.66.